The Morgan fingerprint density at radius 1 is 1.00 bits per heavy atom. The van der Waals surface area contributed by atoms with E-state index in [-0.39, 0.29) is 11.0 Å². The van der Waals surface area contributed by atoms with Gasteiger partial charge in [0.15, 0.2) is 10.2 Å². The number of carbonyl (C=O) groups excluding carboxylic acids is 1. The fraction of sp³-hybridized carbons (Fsp3) is 0.0455. The van der Waals surface area contributed by atoms with Gasteiger partial charge in [-0.3, -0.25) is 10.1 Å². The second-order valence-corrected chi connectivity index (χ2v) is 7.59. The van der Waals surface area contributed by atoms with E-state index in [4.69, 9.17) is 12.2 Å². The molecule has 0 atom stereocenters. The number of rotatable bonds is 3. The molecule has 0 radical (unpaired) electrons. The molecule has 138 valence electrons. The molecular weight excluding hydrogens is 386 g/mol. The van der Waals surface area contributed by atoms with Crippen LogP contribution in [0.2, 0.25) is 0 Å². The predicted molar refractivity (Wildman–Crippen MR) is 120 cm³/mol. The summed E-state index contributed by atoms with van der Waals surface area (Å²) in [6.45, 7) is 1.89. The van der Waals surface area contributed by atoms with Crippen LogP contribution in [0.15, 0.2) is 72.1 Å². The van der Waals surface area contributed by atoms with Gasteiger partial charge in [-0.2, -0.15) is 0 Å². The molecule has 0 aliphatic heterocycles. The molecule has 0 aliphatic carbocycles. The lowest BCUT2D eigenvalue weighted by Crippen LogP contribution is -2.34. The molecule has 2 N–H and O–H groups in total. The molecular formula is C22H17N3OS2. The van der Waals surface area contributed by atoms with Crippen molar-refractivity contribution in [2.45, 2.75) is 6.92 Å². The van der Waals surface area contributed by atoms with E-state index < -0.39 is 0 Å². The maximum Gasteiger partial charge on any atom is 0.257 e. The van der Waals surface area contributed by atoms with Crippen LogP contribution < -0.4 is 10.6 Å². The van der Waals surface area contributed by atoms with Crippen LogP contribution in [0.5, 0.6) is 0 Å². The molecule has 3 aromatic carbocycles. The van der Waals surface area contributed by atoms with Crippen LogP contribution in [-0.4, -0.2) is 16.0 Å². The van der Waals surface area contributed by atoms with Gasteiger partial charge in [-0.25, -0.2) is 4.98 Å². The third-order valence-corrected chi connectivity index (χ3v) is 5.35. The Hall–Kier alpha value is -3.09. The first-order valence-electron chi connectivity index (χ1n) is 8.73. The summed E-state index contributed by atoms with van der Waals surface area (Å²) in [5.74, 6) is -0.234. The Labute approximate surface area is 172 Å². The van der Waals surface area contributed by atoms with Crippen molar-refractivity contribution in [2.75, 3.05) is 5.32 Å². The molecule has 6 heteroatoms. The zero-order valence-electron chi connectivity index (χ0n) is 15.1. The van der Waals surface area contributed by atoms with Gasteiger partial charge in [0.2, 0.25) is 0 Å². The average molecular weight is 404 g/mol. The average Bonchev–Trinajstić information content (AvgIpc) is 3.16. The Morgan fingerprint density at radius 3 is 2.57 bits per heavy atom. The monoisotopic (exact) mass is 403 g/mol. The van der Waals surface area contributed by atoms with Crippen molar-refractivity contribution in [1.29, 1.82) is 0 Å². The molecule has 1 heterocycles. The molecule has 1 aromatic heterocycles. The van der Waals surface area contributed by atoms with E-state index in [1.807, 2.05) is 42.6 Å². The molecule has 0 bridgehead atoms. The lowest BCUT2D eigenvalue weighted by molar-refractivity contribution is 0.0977. The van der Waals surface area contributed by atoms with Crippen molar-refractivity contribution in [1.82, 2.24) is 10.3 Å². The summed E-state index contributed by atoms with van der Waals surface area (Å²) in [7, 11) is 0. The molecule has 0 aliphatic rings. The van der Waals surface area contributed by atoms with Gasteiger partial charge in [0.05, 0.1) is 5.69 Å². The predicted octanol–water partition coefficient (Wildman–Crippen LogP) is 5.40. The topological polar surface area (TPSA) is 54.0 Å². The van der Waals surface area contributed by atoms with Crippen molar-refractivity contribution in [3.63, 3.8) is 0 Å². The number of hydrogen-bond donors (Lipinski definition) is 2. The van der Waals surface area contributed by atoms with Crippen molar-refractivity contribution in [3.05, 3.63) is 83.2 Å². The summed E-state index contributed by atoms with van der Waals surface area (Å²) < 4.78 is 0. The number of aromatic nitrogens is 1. The minimum Gasteiger partial charge on any atom is -0.308 e. The number of anilines is 1. The normalized spacial score (nSPS) is 10.6. The highest BCUT2D eigenvalue weighted by Crippen LogP contribution is 2.27. The number of fused-ring (bicyclic) bond motifs is 1. The molecule has 4 nitrogen and oxygen atoms in total. The van der Waals surface area contributed by atoms with Crippen LogP contribution in [0, 0.1) is 6.92 Å². The largest absolute Gasteiger partial charge is 0.308 e. The fourth-order valence-corrected chi connectivity index (χ4v) is 3.92. The van der Waals surface area contributed by atoms with Crippen molar-refractivity contribution in [3.8, 4) is 11.3 Å². The fourth-order valence-electron chi connectivity index (χ4n) is 2.94. The molecule has 4 aromatic rings. The third kappa shape index (κ3) is 3.93. The van der Waals surface area contributed by atoms with Gasteiger partial charge in [0.1, 0.15) is 0 Å². The second-order valence-electron chi connectivity index (χ2n) is 6.32. The van der Waals surface area contributed by atoms with E-state index >= 15 is 0 Å². The summed E-state index contributed by atoms with van der Waals surface area (Å²) in [5, 5.41) is 10.9. The van der Waals surface area contributed by atoms with E-state index in [0.29, 0.717) is 10.7 Å². The molecule has 0 spiro atoms. The van der Waals surface area contributed by atoms with Gasteiger partial charge in [0, 0.05) is 16.5 Å². The Kier molecular flexibility index (Phi) is 5.14. The molecule has 0 saturated heterocycles. The summed E-state index contributed by atoms with van der Waals surface area (Å²) in [5.41, 5.74) is 3.41. The summed E-state index contributed by atoms with van der Waals surface area (Å²) in [6, 6.07) is 21.9. The Morgan fingerprint density at radius 2 is 1.75 bits per heavy atom. The number of nitrogens with zero attached hydrogens (tertiary/aromatic N) is 1. The van der Waals surface area contributed by atoms with Crippen molar-refractivity contribution in [2.24, 2.45) is 0 Å². The van der Waals surface area contributed by atoms with Crippen LogP contribution in [-0.2, 0) is 0 Å². The second kappa shape index (κ2) is 7.88. The van der Waals surface area contributed by atoms with Crippen LogP contribution in [0.25, 0.3) is 22.0 Å². The highest BCUT2D eigenvalue weighted by molar-refractivity contribution is 7.80. The van der Waals surface area contributed by atoms with Gasteiger partial charge in [-0.15, -0.1) is 11.3 Å². The molecule has 0 unspecified atom stereocenters. The van der Waals surface area contributed by atoms with E-state index in [1.165, 1.54) is 22.1 Å². The standard InChI is InChI=1S/C22H17N3OS2/c1-14-6-2-5-9-18(14)20(26)24-21(27)25-22-23-19(13-28-22)17-11-10-15-7-3-4-8-16(15)12-17/h2-13H,1H3,(H2,23,24,25,26,27). The minimum absolute atomic E-state index is 0.229. The van der Waals surface area contributed by atoms with E-state index in [9.17, 15) is 4.79 Å². The zero-order valence-corrected chi connectivity index (χ0v) is 16.7. The Bertz CT molecular complexity index is 1180. The van der Waals surface area contributed by atoms with Crippen LogP contribution in [0.1, 0.15) is 15.9 Å². The number of nitrogens with one attached hydrogen (secondary N) is 2. The summed E-state index contributed by atoms with van der Waals surface area (Å²) in [4.78, 5) is 17.0. The van der Waals surface area contributed by atoms with E-state index in [1.54, 1.807) is 6.07 Å². The number of hydrogen-bond acceptors (Lipinski definition) is 4. The van der Waals surface area contributed by atoms with Gasteiger partial charge in [-0.1, -0.05) is 54.6 Å². The van der Waals surface area contributed by atoms with Gasteiger partial charge >= 0.3 is 0 Å². The van der Waals surface area contributed by atoms with Crippen LogP contribution in [0.3, 0.4) is 0 Å². The highest BCUT2D eigenvalue weighted by Gasteiger charge is 2.12. The highest BCUT2D eigenvalue weighted by atomic mass is 32.1. The first-order chi connectivity index (χ1) is 13.6. The summed E-state index contributed by atoms with van der Waals surface area (Å²) >= 11 is 6.71. The van der Waals surface area contributed by atoms with Gasteiger partial charge < -0.3 is 5.32 Å². The van der Waals surface area contributed by atoms with Gasteiger partial charge in [0.25, 0.3) is 5.91 Å². The number of thiazole rings is 1. The number of amides is 1. The first kappa shape index (κ1) is 18.3. The molecule has 1 amide bonds. The maximum absolute atomic E-state index is 12.4. The molecule has 0 saturated carbocycles. The van der Waals surface area contributed by atoms with Crippen molar-refractivity contribution >= 4 is 50.5 Å². The maximum atomic E-state index is 12.4. The van der Waals surface area contributed by atoms with Crippen LogP contribution in [0.4, 0.5) is 5.13 Å². The number of aryl methyl sites for hydroxylation is 1. The minimum atomic E-state index is -0.234. The molecule has 0 fully saturated rings. The number of carbonyl (C=O) groups is 1. The zero-order chi connectivity index (χ0) is 19.5. The van der Waals surface area contributed by atoms with E-state index in [2.05, 4.69) is 45.9 Å². The number of thiocarbonyl (C=S) groups is 1. The lowest BCUT2D eigenvalue weighted by Gasteiger charge is -2.08. The molecule has 28 heavy (non-hydrogen) atoms. The number of benzene rings is 3. The van der Waals surface area contributed by atoms with Crippen molar-refractivity contribution < 1.29 is 4.79 Å². The third-order valence-electron chi connectivity index (χ3n) is 4.39. The van der Waals surface area contributed by atoms with Crippen LogP contribution >= 0.6 is 23.6 Å². The first-order valence-corrected chi connectivity index (χ1v) is 10.0. The summed E-state index contributed by atoms with van der Waals surface area (Å²) in [6.07, 6.45) is 0. The smallest absolute Gasteiger partial charge is 0.257 e. The Balaban J connectivity index is 1.46. The van der Waals surface area contributed by atoms with Gasteiger partial charge in [-0.05, 0) is 47.6 Å². The lowest BCUT2D eigenvalue weighted by atomic mass is 10.1. The molecule has 4 rings (SSSR count). The quantitative estimate of drug-likeness (QED) is 0.450. The van der Waals surface area contributed by atoms with E-state index in [0.717, 1.165) is 16.8 Å². The SMILES string of the molecule is Cc1ccccc1C(=O)NC(=S)Nc1nc(-c2ccc3ccccc3c2)cs1.